The van der Waals surface area contributed by atoms with Crippen LogP contribution in [0, 0.1) is 0 Å². The summed E-state index contributed by atoms with van der Waals surface area (Å²) in [6, 6.07) is 4.02. The van der Waals surface area contributed by atoms with Crippen LogP contribution in [0.4, 0.5) is 0 Å². The summed E-state index contributed by atoms with van der Waals surface area (Å²) in [5, 5.41) is 18.5. The van der Waals surface area contributed by atoms with Gasteiger partial charge in [0.25, 0.3) is 0 Å². The minimum absolute atomic E-state index is 0.0713. The Morgan fingerprint density at radius 1 is 1.45 bits per heavy atom. The highest BCUT2D eigenvalue weighted by molar-refractivity contribution is 7.89. The Labute approximate surface area is 116 Å². The van der Waals surface area contributed by atoms with E-state index in [4.69, 9.17) is 5.11 Å². The van der Waals surface area contributed by atoms with E-state index in [2.05, 4.69) is 4.98 Å². The van der Waals surface area contributed by atoms with Crippen molar-refractivity contribution in [1.82, 2.24) is 9.29 Å². The van der Waals surface area contributed by atoms with Gasteiger partial charge >= 0.3 is 5.97 Å². The lowest BCUT2D eigenvalue weighted by atomic mass is 10.2. The molecule has 0 amide bonds. The first-order chi connectivity index (χ1) is 9.40. The number of sulfonamides is 1. The summed E-state index contributed by atoms with van der Waals surface area (Å²) in [6.45, 7) is -0.165. The van der Waals surface area contributed by atoms with Crippen molar-refractivity contribution in [3.05, 3.63) is 30.1 Å². The van der Waals surface area contributed by atoms with Crippen LogP contribution in [0.1, 0.15) is 12.1 Å². The van der Waals surface area contributed by atoms with Crippen molar-refractivity contribution in [3.63, 3.8) is 0 Å². The zero-order valence-electron chi connectivity index (χ0n) is 10.7. The lowest BCUT2D eigenvalue weighted by Crippen LogP contribution is -2.42. The van der Waals surface area contributed by atoms with Crippen LogP contribution in [-0.2, 0) is 21.2 Å². The van der Waals surface area contributed by atoms with Gasteiger partial charge in [-0.05, 0) is 12.1 Å². The first kappa shape index (κ1) is 14.9. The highest BCUT2D eigenvalue weighted by Gasteiger charge is 2.42. The molecule has 0 aromatic carbocycles. The molecule has 7 nitrogen and oxygen atoms in total. The van der Waals surface area contributed by atoms with Gasteiger partial charge in [0.15, 0.2) is 0 Å². The number of carboxylic acid groups (broad SMARTS) is 1. The average molecular weight is 300 g/mol. The molecule has 1 aliphatic rings. The fourth-order valence-corrected chi connectivity index (χ4v) is 3.88. The van der Waals surface area contributed by atoms with Crippen molar-refractivity contribution in [2.24, 2.45) is 0 Å². The molecule has 20 heavy (non-hydrogen) atoms. The molecular weight excluding hydrogens is 284 g/mol. The predicted octanol–water partition coefficient (Wildman–Crippen LogP) is -0.526. The fraction of sp³-hybridized carbons (Fsp3) is 0.500. The van der Waals surface area contributed by atoms with E-state index < -0.39 is 28.1 Å². The normalized spacial score (nSPS) is 23.9. The van der Waals surface area contributed by atoms with E-state index in [1.54, 1.807) is 24.4 Å². The van der Waals surface area contributed by atoms with Crippen molar-refractivity contribution < 1.29 is 23.4 Å². The molecule has 1 saturated heterocycles. The van der Waals surface area contributed by atoms with Crippen LogP contribution in [0.2, 0.25) is 0 Å². The Bertz CT molecular complexity index is 575. The van der Waals surface area contributed by atoms with Crippen LogP contribution in [0.15, 0.2) is 24.4 Å². The number of aliphatic hydroxyl groups is 1. The van der Waals surface area contributed by atoms with E-state index in [0.29, 0.717) is 5.69 Å². The van der Waals surface area contributed by atoms with E-state index >= 15 is 0 Å². The minimum atomic E-state index is -3.73. The number of β-amino-alcohol motifs (C(OH)–C–C–N with tert-alkyl or cyclic N) is 1. The van der Waals surface area contributed by atoms with Crippen LogP contribution >= 0.6 is 0 Å². The topological polar surface area (TPSA) is 108 Å². The second-order valence-electron chi connectivity index (χ2n) is 4.70. The van der Waals surface area contributed by atoms with Crippen LogP contribution < -0.4 is 0 Å². The van der Waals surface area contributed by atoms with Crippen molar-refractivity contribution >= 4 is 16.0 Å². The smallest absolute Gasteiger partial charge is 0.322 e. The van der Waals surface area contributed by atoms with E-state index in [-0.39, 0.29) is 25.1 Å². The predicted molar refractivity (Wildman–Crippen MR) is 70.5 cm³/mol. The number of aromatic nitrogens is 1. The van der Waals surface area contributed by atoms with Crippen molar-refractivity contribution in [2.75, 3.05) is 12.3 Å². The van der Waals surface area contributed by atoms with Crippen molar-refractivity contribution in [1.29, 1.82) is 0 Å². The molecular formula is C12H16N2O5S. The van der Waals surface area contributed by atoms with Crippen molar-refractivity contribution in [3.8, 4) is 0 Å². The van der Waals surface area contributed by atoms with Crippen LogP contribution in [0.25, 0.3) is 0 Å². The number of hydrogen-bond acceptors (Lipinski definition) is 5. The van der Waals surface area contributed by atoms with Gasteiger partial charge in [-0.15, -0.1) is 0 Å². The number of aryl methyl sites for hydroxylation is 1. The van der Waals surface area contributed by atoms with Gasteiger partial charge in [0.2, 0.25) is 10.0 Å². The van der Waals surface area contributed by atoms with Crippen LogP contribution in [-0.4, -0.2) is 58.3 Å². The third-order valence-electron chi connectivity index (χ3n) is 3.22. The maximum Gasteiger partial charge on any atom is 0.322 e. The first-order valence-electron chi connectivity index (χ1n) is 6.20. The molecule has 1 aromatic heterocycles. The van der Waals surface area contributed by atoms with Gasteiger partial charge in [-0.3, -0.25) is 9.78 Å². The number of nitrogens with zero attached hydrogens (tertiary/aromatic N) is 2. The number of pyridine rings is 1. The molecule has 0 radical (unpaired) electrons. The zero-order chi connectivity index (χ0) is 14.8. The average Bonchev–Trinajstić information content (AvgIpc) is 2.81. The van der Waals surface area contributed by atoms with E-state index in [1.165, 1.54) is 0 Å². The summed E-state index contributed by atoms with van der Waals surface area (Å²) >= 11 is 0. The van der Waals surface area contributed by atoms with E-state index in [9.17, 15) is 18.3 Å². The standard InChI is InChI=1S/C12H16N2O5S/c15-10-7-11(12(16)17)14(8-10)20(18,19)6-4-9-3-1-2-5-13-9/h1-3,5,10-11,15H,4,6-8H2,(H,16,17)/t10-,11-/m1/s1. The summed E-state index contributed by atoms with van der Waals surface area (Å²) in [6.07, 6.45) is 0.780. The summed E-state index contributed by atoms with van der Waals surface area (Å²) in [5.74, 6) is -1.46. The molecule has 0 unspecified atom stereocenters. The fourth-order valence-electron chi connectivity index (χ4n) is 2.21. The Morgan fingerprint density at radius 3 is 2.80 bits per heavy atom. The molecule has 2 atom stereocenters. The molecule has 0 aliphatic carbocycles. The minimum Gasteiger partial charge on any atom is -0.480 e. The Morgan fingerprint density at radius 2 is 2.20 bits per heavy atom. The number of rotatable bonds is 5. The van der Waals surface area contributed by atoms with E-state index in [1.807, 2.05) is 0 Å². The van der Waals surface area contributed by atoms with Crippen LogP contribution in [0.3, 0.4) is 0 Å². The summed E-state index contributed by atoms with van der Waals surface area (Å²) < 4.78 is 25.3. The first-order valence-corrected chi connectivity index (χ1v) is 7.81. The largest absolute Gasteiger partial charge is 0.480 e. The monoisotopic (exact) mass is 300 g/mol. The summed E-state index contributed by atoms with van der Waals surface area (Å²) in [5.41, 5.74) is 0.627. The van der Waals surface area contributed by atoms with Crippen molar-refractivity contribution in [2.45, 2.75) is 25.0 Å². The van der Waals surface area contributed by atoms with Crippen LogP contribution in [0.5, 0.6) is 0 Å². The summed E-state index contributed by atoms with van der Waals surface area (Å²) in [4.78, 5) is 15.1. The molecule has 110 valence electrons. The van der Waals surface area contributed by atoms with Gasteiger partial charge in [-0.25, -0.2) is 8.42 Å². The maximum absolute atomic E-state index is 12.2. The van der Waals surface area contributed by atoms with Gasteiger partial charge in [-0.1, -0.05) is 6.07 Å². The quantitative estimate of drug-likeness (QED) is 0.757. The summed E-state index contributed by atoms with van der Waals surface area (Å²) in [7, 11) is -3.73. The molecule has 2 rings (SSSR count). The van der Waals surface area contributed by atoms with Gasteiger partial charge in [0.1, 0.15) is 6.04 Å². The molecule has 0 saturated carbocycles. The SMILES string of the molecule is O=C(O)[C@H]1C[C@@H](O)CN1S(=O)(=O)CCc1ccccn1. The zero-order valence-corrected chi connectivity index (χ0v) is 11.5. The number of carboxylic acids is 1. The van der Waals surface area contributed by atoms with Gasteiger partial charge in [0.05, 0.1) is 11.9 Å². The third-order valence-corrected chi connectivity index (χ3v) is 5.06. The number of hydrogen-bond donors (Lipinski definition) is 2. The number of aliphatic carboxylic acids is 1. The Hall–Kier alpha value is -1.51. The molecule has 2 N–H and O–H groups in total. The van der Waals surface area contributed by atoms with E-state index in [0.717, 1.165) is 4.31 Å². The second-order valence-corrected chi connectivity index (χ2v) is 6.74. The third kappa shape index (κ3) is 3.33. The lowest BCUT2D eigenvalue weighted by molar-refractivity contribution is -0.140. The highest BCUT2D eigenvalue weighted by atomic mass is 32.2. The molecule has 2 heterocycles. The molecule has 1 aliphatic heterocycles. The molecule has 0 spiro atoms. The molecule has 1 aromatic rings. The Kier molecular flexibility index (Phi) is 4.36. The number of carbonyl (C=O) groups is 1. The Balaban J connectivity index is 2.08. The molecule has 1 fully saturated rings. The molecule has 0 bridgehead atoms. The number of aliphatic hydroxyl groups excluding tert-OH is 1. The second kappa shape index (κ2) is 5.86. The molecule has 8 heteroatoms. The lowest BCUT2D eigenvalue weighted by Gasteiger charge is -2.20. The van der Waals surface area contributed by atoms with Gasteiger partial charge in [-0.2, -0.15) is 4.31 Å². The highest BCUT2D eigenvalue weighted by Crippen LogP contribution is 2.22. The van der Waals surface area contributed by atoms with Gasteiger partial charge in [0, 0.05) is 31.3 Å². The van der Waals surface area contributed by atoms with Gasteiger partial charge < -0.3 is 10.2 Å². The maximum atomic E-state index is 12.2.